The quantitative estimate of drug-likeness (QED) is 0.748. The molecule has 1 rings (SSSR count). The van der Waals surface area contributed by atoms with Crippen molar-refractivity contribution in [2.75, 3.05) is 0 Å². The Kier molecular flexibility index (Phi) is 6.27. The van der Waals surface area contributed by atoms with Gasteiger partial charge >= 0.3 is 0 Å². The molecular formula is C18H28N2O2. The average Bonchev–Trinajstić information content (AvgIpc) is 2.46. The van der Waals surface area contributed by atoms with Crippen LogP contribution in [0.2, 0.25) is 0 Å². The Morgan fingerprint density at radius 3 is 1.91 bits per heavy atom. The van der Waals surface area contributed by atoms with Crippen LogP contribution >= 0.6 is 0 Å². The van der Waals surface area contributed by atoms with Crippen molar-refractivity contribution in [2.24, 2.45) is 0 Å². The molecule has 4 nitrogen and oxygen atoms in total. The second-order valence-corrected chi connectivity index (χ2v) is 6.04. The first-order valence-electron chi connectivity index (χ1n) is 8.06. The lowest BCUT2D eigenvalue weighted by Crippen LogP contribution is -2.44. The molecule has 1 amide bonds. The number of aryl methyl sites for hydroxylation is 2. The predicted molar refractivity (Wildman–Crippen MR) is 89.4 cm³/mol. The third-order valence-electron chi connectivity index (χ3n) is 4.38. The van der Waals surface area contributed by atoms with E-state index < -0.39 is 0 Å². The molecule has 1 heterocycles. The van der Waals surface area contributed by atoms with E-state index in [-0.39, 0.29) is 23.8 Å². The van der Waals surface area contributed by atoms with Gasteiger partial charge < -0.3 is 4.90 Å². The Morgan fingerprint density at radius 1 is 1.05 bits per heavy atom. The maximum Gasteiger partial charge on any atom is 0.256 e. The number of ketones is 1. The molecule has 0 aromatic carbocycles. The summed E-state index contributed by atoms with van der Waals surface area (Å²) in [6.07, 6.45) is 1.79. The fourth-order valence-corrected chi connectivity index (χ4v) is 2.67. The van der Waals surface area contributed by atoms with Gasteiger partial charge in [0.15, 0.2) is 5.78 Å². The smallest absolute Gasteiger partial charge is 0.256 e. The molecule has 2 atom stereocenters. The Bertz CT molecular complexity index is 556. The zero-order valence-corrected chi connectivity index (χ0v) is 14.9. The van der Waals surface area contributed by atoms with Gasteiger partial charge in [0.25, 0.3) is 5.91 Å². The summed E-state index contributed by atoms with van der Waals surface area (Å²) in [4.78, 5) is 31.1. The van der Waals surface area contributed by atoms with Crippen molar-refractivity contribution in [2.45, 2.75) is 73.4 Å². The molecular weight excluding hydrogens is 276 g/mol. The number of rotatable bonds is 6. The van der Waals surface area contributed by atoms with Gasteiger partial charge in [0.1, 0.15) is 0 Å². The summed E-state index contributed by atoms with van der Waals surface area (Å²) in [7, 11) is 0. The summed E-state index contributed by atoms with van der Waals surface area (Å²) >= 11 is 0. The molecule has 1 aromatic rings. The normalized spacial score (nSPS) is 13.6. The highest BCUT2D eigenvalue weighted by Crippen LogP contribution is 2.20. The average molecular weight is 304 g/mol. The minimum Gasteiger partial charge on any atom is -0.333 e. The molecule has 0 radical (unpaired) electrons. The molecule has 1 aromatic heterocycles. The van der Waals surface area contributed by atoms with Gasteiger partial charge in [-0.15, -0.1) is 0 Å². The van der Waals surface area contributed by atoms with E-state index in [0.717, 1.165) is 12.8 Å². The van der Waals surface area contributed by atoms with Crippen molar-refractivity contribution in [3.8, 4) is 0 Å². The first-order chi connectivity index (χ1) is 10.2. The second-order valence-electron chi connectivity index (χ2n) is 6.04. The van der Waals surface area contributed by atoms with Crippen LogP contribution < -0.4 is 0 Å². The lowest BCUT2D eigenvalue weighted by molar-refractivity contribution is 0.0597. The highest BCUT2D eigenvalue weighted by atomic mass is 16.2. The summed E-state index contributed by atoms with van der Waals surface area (Å²) in [6, 6.07) is 2.02. The number of carbonyl (C=O) groups excluding carboxylic acids is 2. The third kappa shape index (κ3) is 3.73. The highest BCUT2D eigenvalue weighted by molar-refractivity contribution is 6.00. The molecule has 4 heteroatoms. The van der Waals surface area contributed by atoms with E-state index in [1.807, 2.05) is 11.8 Å². The molecule has 0 aliphatic carbocycles. The van der Waals surface area contributed by atoms with E-state index in [0.29, 0.717) is 22.5 Å². The van der Waals surface area contributed by atoms with Crippen molar-refractivity contribution < 1.29 is 9.59 Å². The first kappa shape index (κ1) is 18.3. The van der Waals surface area contributed by atoms with Crippen molar-refractivity contribution in [1.29, 1.82) is 0 Å². The molecule has 122 valence electrons. The maximum absolute atomic E-state index is 13.0. The van der Waals surface area contributed by atoms with Gasteiger partial charge in [0, 0.05) is 23.3 Å². The maximum atomic E-state index is 13.0. The lowest BCUT2D eigenvalue weighted by Gasteiger charge is -2.34. The molecule has 0 saturated carbocycles. The zero-order valence-electron chi connectivity index (χ0n) is 14.9. The van der Waals surface area contributed by atoms with E-state index in [2.05, 4.69) is 32.7 Å². The fourth-order valence-electron chi connectivity index (χ4n) is 2.67. The van der Waals surface area contributed by atoms with Crippen LogP contribution in [0.25, 0.3) is 0 Å². The van der Waals surface area contributed by atoms with Crippen LogP contribution in [0.4, 0.5) is 0 Å². The number of aromatic nitrogens is 1. The summed E-state index contributed by atoms with van der Waals surface area (Å²) in [5.74, 6) is -0.0890. The van der Waals surface area contributed by atoms with E-state index in [1.54, 1.807) is 13.0 Å². The summed E-state index contributed by atoms with van der Waals surface area (Å²) < 4.78 is 0. The largest absolute Gasteiger partial charge is 0.333 e. The summed E-state index contributed by atoms with van der Waals surface area (Å²) in [5, 5.41) is 0. The van der Waals surface area contributed by atoms with Gasteiger partial charge in [-0.05, 0) is 53.5 Å². The Balaban J connectivity index is 3.35. The Morgan fingerprint density at radius 2 is 1.50 bits per heavy atom. The van der Waals surface area contributed by atoms with Gasteiger partial charge in [-0.3, -0.25) is 14.6 Å². The zero-order chi connectivity index (χ0) is 17.0. The second kappa shape index (κ2) is 7.52. The van der Waals surface area contributed by atoms with Gasteiger partial charge in [-0.1, -0.05) is 13.8 Å². The van der Waals surface area contributed by atoms with Crippen molar-refractivity contribution in [3.63, 3.8) is 0 Å². The fraction of sp³-hybridized carbons (Fsp3) is 0.611. The predicted octanol–water partition coefficient (Wildman–Crippen LogP) is 3.94. The van der Waals surface area contributed by atoms with Crippen molar-refractivity contribution >= 4 is 11.7 Å². The van der Waals surface area contributed by atoms with Crippen LogP contribution in [0.5, 0.6) is 0 Å². The molecule has 0 fully saturated rings. The van der Waals surface area contributed by atoms with Crippen LogP contribution in [0.15, 0.2) is 6.07 Å². The standard InChI is InChI=1S/C18H28N2O2/c1-8-11(3)20(12(4)9-2)18(22)17-10-16(15(7)21)13(5)19-14(17)6/h10-12H,8-9H2,1-7H3. The van der Waals surface area contributed by atoms with Crippen LogP contribution in [-0.2, 0) is 0 Å². The molecule has 22 heavy (non-hydrogen) atoms. The van der Waals surface area contributed by atoms with Gasteiger partial charge in [0.05, 0.1) is 11.3 Å². The van der Waals surface area contributed by atoms with Crippen LogP contribution in [0, 0.1) is 13.8 Å². The topological polar surface area (TPSA) is 50.3 Å². The molecule has 2 unspecified atom stereocenters. The molecule has 0 spiro atoms. The minimum atomic E-state index is -0.0577. The summed E-state index contributed by atoms with van der Waals surface area (Å²) in [6.45, 7) is 13.4. The van der Waals surface area contributed by atoms with E-state index >= 15 is 0 Å². The Hall–Kier alpha value is -1.71. The monoisotopic (exact) mass is 304 g/mol. The van der Waals surface area contributed by atoms with Crippen LogP contribution in [-0.4, -0.2) is 33.7 Å². The lowest BCUT2D eigenvalue weighted by atomic mass is 10.0. The third-order valence-corrected chi connectivity index (χ3v) is 4.38. The first-order valence-corrected chi connectivity index (χ1v) is 8.06. The minimum absolute atomic E-state index is 0.0313. The highest BCUT2D eigenvalue weighted by Gasteiger charge is 2.27. The van der Waals surface area contributed by atoms with Crippen LogP contribution in [0.1, 0.15) is 79.6 Å². The molecule has 0 aliphatic rings. The Labute approximate surface area is 133 Å². The SMILES string of the molecule is CCC(C)N(C(=O)c1cc(C(C)=O)c(C)nc1C)C(C)CC. The molecule has 0 aliphatic heterocycles. The number of pyridine rings is 1. The molecule has 0 N–H and O–H groups in total. The van der Waals surface area contributed by atoms with Crippen molar-refractivity contribution in [1.82, 2.24) is 9.88 Å². The number of amides is 1. The molecule has 0 bridgehead atoms. The van der Waals surface area contributed by atoms with Crippen LogP contribution in [0.3, 0.4) is 0 Å². The van der Waals surface area contributed by atoms with Gasteiger partial charge in [-0.2, -0.15) is 0 Å². The summed E-state index contributed by atoms with van der Waals surface area (Å²) in [5.41, 5.74) is 2.43. The number of Topliss-reactive ketones (excluding diaryl/α,β-unsaturated/α-hetero) is 1. The number of hydrogen-bond acceptors (Lipinski definition) is 3. The number of carbonyl (C=O) groups is 2. The molecule has 0 saturated heterocycles. The number of hydrogen-bond donors (Lipinski definition) is 0. The van der Waals surface area contributed by atoms with Gasteiger partial charge in [-0.25, -0.2) is 0 Å². The van der Waals surface area contributed by atoms with Crippen molar-refractivity contribution in [3.05, 3.63) is 28.6 Å². The van der Waals surface area contributed by atoms with Gasteiger partial charge in [0.2, 0.25) is 0 Å². The van der Waals surface area contributed by atoms with E-state index in [9.17, 15) is 9.59 Å². The number of nitrogens with zero attached hydrogens (tertiary/aromatic N) is 2. The van der Waals surface area contributed by atoms with E-state index in [1.165, 1.54) is 6.92 Å². The van der Waals surface area contributed by atoms with E-state index in [4.69, 9.17) is 0 Å².